The van der Waals surface area contributed by atoms with Crippen LogP contribution in [0.15, 0.2) is 4.99 Å². The van der Waals surface area contributed by atoms with Crippen LogP contribution in [0, 0.1) is 0 Å². The molecule has 0 aromatic heterocycles. The average molecular weight is 155 g/mol. The van der Waals surface area contributed by atoms with Gasteiger partial charge in [-0.1, -0.05) is 19.8 Å². The molecule has 1 rings (SSSR count). The van der Waals surface area contributed by atoms with Crippen LogP contribution in [0.1, 0.15) is 26.2 Å². The van der Waals surface area contributed by atoms with Gasteiger partial charge in [-0.05, 0) is 6.42 Å². The first kappa shape index (κ1) is 8.24. The Labute approximate surface area is 66.5 Å². The SMILES string of the molecule is CCCCC1N=COC1C=O. The molecule has 1 aliphatic rings. The monoisotopic (exact) mass is 155 g/mol. The van der Waals surface area contributed by atoms with Crippen molar-refractivity contribution < 1.29 is 9.53 Å². The number of ether oxygens (including phenoxy) is 1. The molecule has 2 unspecified atom stereocenters. The standard InChI is InChI=1S/C8H13NO2/c1-2-3-4-7-8(5-10)11-6-9-7/h5-8H,2-4H2,1H3. The fourth-order valence-corrected chi connectivity index (χ4v) is 1.13. The minimum absolute atomic E-state index is 0.0763. The lowest BCUT2D eigenvalue weighted by Gasteiger charge is -2.09. The van der Waals surface area contributed by atoms with E-state index in [2.05, 4.69) is 11.9 Å². The molecule has 2 atom stereocenters. The first-order valence-electron chi connectivity index (χ1n) is 4.01. The fourth-order valence-electron chi connectivity index (χ4n) is 1.13. The molecule has 3 nitrogen and oxygen atoms in total. The van der Waals surface area contributed by atoms with Gasteiger partial charge in [0.25, 0.3) is 0 Å². The molecule has 1 aliphatic heterocycles. The number of hydrogen-bond acceptors (Lipinski definition) is 3. The summed E-state index contributed by atoms with van der Waals surface area (Å²) in [6, 6.07) is 0.0763. The Balaban J connectivity index is 2.30. The number of rotatable bonds is 4. The summed E-state index contributed by atoms with van der Waals surface area (Å²) >= 11 is 0. The van der Waals surface area contributed by atoms with Crippen molar-refractivity contribution >= 4 is 12.7 Å². The molecule has 0 N–H and O–H groups in total. The Hall–Kier alpha value is -0.860. The van der Waals surface area contributed by atoms with Crippen LogP contribution in [-0.4, -0.2) is 24.8 Å². The van der Waals surface area contributed by atoms with E-state index in [9.17, 15) is 4.79 Å². The maximum absolute atomic E-state index is 10.4. The minimum atomic E-state index is -0.318. The normalized spacial score (nSPS) is 28.5. The van der Waals surface area contributed by atoms with Crippen molar-refractivity contribution in [3.8, 4) is 0 Å². The van der Waals surface area contributed by atoms with Gasteiger partial charge in [-0.2, -0.15) is 0 Å². The molecule has 0 aromatic rings. The number of aliphatic imine (C=N–C) groups is 1. The second-order valence-electron chi connectivity index (χ2n) is 2.70. The average Bonchev–Trinajstić information content (AvgIpc) is 2.47. The van der Waals surface area contributed by atoms with Gasteiger partial charge in [0.1, 0.15) is 0 Å². The lowest BCUT2D eigenvalue weighted by atomic mass is 10.1. The molecule has 1 heterocycles. The molecule has 0 fully saturated rings. The predicted octanol–water partition coefficient (Wildman–Crippen LogP) is 1.17. The van der Waals surface area contributed by atoms with Gasteiger partial charge in [0.15, 0.2) is 18.8 Å². The van der Waals surface area contributed by atoms with Crippen LogP contribution in [0.4, 0.5) is 0 Å². The molecule has 0 aliphatic carbocycles. The molecule has 62 valence electrons. The number of carbonyl (C=O) groups excluding carboxylic acids is 1. The summed E-state index contributed by atoms with van der Waals surface area (Å²) in [5.74, 6) is 0. The van der Waals surface area contributed by atoms with E-state index in [4.69, 9.17) is 4.74 Å². The van der Waals surface area contributed by atoms with Gasteiger partial charge in [0.05, 0.1) is 6.04 Å². The Kier molecular flexibility index (Phi) is 3.08. The van der Waals surface area contributed by atoms with E-state index in [0.717, 1.165) is 25.5 Å². The number of nitrogens with zero attached hydrogens (tertiary/aromatic N) is 1. The molecular formula is C8H13NO2. The van der Waals surface area contributed by atoms with E-state index >= 15 is 0 Å². The third-order valence-electron chi connectivity index (χ3n) is 1.84. The van der Waals surface area contributed by atoms with E-state index < -0.39 is 0 Å². The molecule has 0 bridgehead atoms. The molecule has 0 saturated heterocycles. The summed E-state index contributed by atoms with van der Waals surface area (Å²) in [6.07, 6.45) is 5.10. The third kappa shape index (κ3) is 2.03. The highest BCUT2D eigenvalue weighted by Crippen LogP contribution is 2.14. The van der Waals surface area contributed by atoms with Crippen LogP contribution in [0.5, 0.6) is 0 Å². The largest absolute Gasteiger partial charge is 0.471 e. The van der Waals surface area contributed by atoms with E-state index in [1.165, 1.54) is 6.40 Å². The van der Waals surface area contributed by atoms with Gasteiger partial charge in [0.2, 0.25) is 0 Å². The highest BCUT2D eigenvalue weighted by molar-refractivity contribution is 5.65. The lowest BCUT2D eigenvalue weighted by Crippen LogP contribution is -2.23. The van der Waals surface area contributed by atoms with E-state index in [1.54, 1.807) is 0 Å². The first-order chi connectivity index (χ1) is 5.38. The van der Waals surface area contributed by atoms with Gasteiger partial charge in [-0.15, -0.1) is 0 Å². The van der Waals surface area contributed by atoms with Crippen molar-refractivity contribution in [2.45, 2.75) is 38.3 Å². The molecule has 0 saturated carbocycles. The van der Waals surface area contributed by atoms with Crippen molar-refractivity contribution in [1.82, 2.24) is 0 Å². The summed E-state index contributed by atoms with van der Waals surface area (Å²) in [4.78, 5) is 14.4. The van der Waals surface area contributed by atoms with Gasteiger partial charge in [0, 0.05) is 0 Å². The fraction of sp³-hybridized carbons (Fsp3) is 0.750. The molecule has 3 heteroatoms. The maximum Gasteiger partial charge on any atom is 0.177 e. The Bertz CT molecular complexity index is 156. The lowest BCUT2D eigenvalue weighted by molar-refractivity contribution is -0.114. The first-order valence-corrected chi connectivity index (χ1v) is 4.01. The van der Waals surface area contributed by atoms with Gasteiger partial charge < -0.3 is 4.74 Å². The van der Waals surface area contributed by atoms with Crippen LogP contribution < -0.4 is 0 Å². The zero-order valence-electron chi connectivity index (χ0n) is 6.69. The Morgan fingerprint density at radius 1 is 1.73 bits per heavy atom. The number of aldehydes is 1. The summed E-state index contributed by atoms with van der Waals surface area (Å²) < 4.78 is 4.95. The Morgan fingerprint density at radius 2 is 2.55 bits per heavy atom. The Morgan fingerprint density at radius 3 is 3.18 bits per heavy atom. The molecule has 11 heavy (non-hydrogen) atoms. The third-order valence-corrected chi connectivity index (χ3v) is 1.84. The predicted molar refractivity (Wildman–Crippen MR) is 42.7 cm³/mol. The minimum Gasteiger partial charge on any atom is -0.471 e. The molecule has 0 aromatic carbocycles. The zero-order valence-corrected chi connectivity index (χ0v) is 6.69. The van der Waals surface area contributed by atoms with Crippen molar-refractivity contribution in [1.29, 1.82) is 0 Å². The maximum atomic E-state index is 10.4. The molecule has 0 radical (unpaired) electrons. The molecule has 0 spiro atoms. The van der Waals surface area contributed by atoms with E-state index in [1.807, 2.05) is 0 Å². The van der Waals surface area contributed by atoms with Crippen molar-refractivity contribution in [3.63, 3.8) is 0 Å². The second kappa shape index (κ2) is 4.11. The summed E-state index contributed by atoms with van der Waals surface area (Å²) in [7, 11) is 0. The van der Waals surface area contributed by atoms with Crippen LogP contribution in [0.3, 0.4) is 0 Å². The highest BCUT2D eigenvalue weighted by atomic mass is 16.5. The van der Waals surface area contributed by atoms with E-state index in [-0.39, 0.29) is 12.1 Å². The summed E-state index contributed by atoms with van der Waals surface area (Å²) in [6.45, 7) is 2.12. The van der Waals surface area contributed by atoms with E-state index in [0.29, 0.717) is 0 Å². The van der Waals surface area contributed by atoms with Crippen LogP contribution in [0.2, 0.25) is 0 Å². The van der Waals surface area contributed by atoms with Crippen molar-refractivity contribution in [2.24, 2.45) is 4.99 Å². The molecule has 0 amide bonds. The second-order valence-corrected chi connectivity index (χ2v) is 2.70. The number of carbonyl (C=O) groups is 1. The number of unbranched alkanes of at least 4 members (excludes halogenated alkanes) is 1. The van der Waals surface area contributed by atoms with Crippen molar-refractivity contribution in [2.75, 3.05) is 0 Å². The zero-order chi connectivity index (χ0) is 8.10. The van der Waals surface area contributed by atoms with Gasteiger partial charge in [-0.3, -0.25) is 9.79 Å². The van der Waals surface area contributed by atoms with Gasteiger partial charge >= 0.3 is 0 Å². The van der Waals surface area contributed by atoms with Gasteiger partial charge in [-0.25, -0.2) is 0 Å². The number of hydrogen-bond donors (Lipinski definition) is 0. The van der Waals surface area contributed by atoms with Crippen LogP contribution in [-0.2, 0) is 9.53 Å². The molecular weight excluding hydrogens is 142 g/mol. The van der Waals surface area contributed by atoms with Crippen LogP contribution in [0.25, 0.3) is 0 Å². The smallest absolute Gasteiger partial charge is 0.177 e. The quantitative estimate of drug-likeness (QED) is 0.571. The summed E-state index contributed by atoms with van der Waals surface area (Å²) in [5.41, 5.74) is 0. The highest BCUT2D eigenvalue weighted by Gasteiger charge is 2.24. The topological polar surface area (TPSA) is 38.7 Å². The van der Waals surface area contributed by atoms with Crippen LogP contribution >= 0.6 is 0 Å². The van der Waals surface area contributed by atoms with Crippen molar-refractivity contribution in [3.05, 3.63) is 0 Å². The summed E-state index contributed by atoms with van der Waals surface area (Å²) in [5, 5.41) is 0.